The zero-order valence-corrected chi connectivity index (χ0v) is 11.3. The lowest BCUT2D eigenvalue weighted by atomic mass is 10.0. The molecule has 0 bridgehead atoms. The predicted molar refractivity (Wildman–Crippen MR) is 71.3 cm³/mol. The molecular weight excluding hydrogens is 234 g/mol. The molecule has 17 heavy (non-hydrogen) atoms. The molecule has 96 valence electrons. The number of nitrogens with one attached hydrogen (secondary N) is 1. The second kappa shape index (κ2) is 7.45. The summed E-state index contributed by atoms with van der Waals surface area (Å²) in [5.74, 6) is -0.914. The van der Waals surface area contributed by atoms with E-state index in [0.717, 1.165) is 25.8 Å². The van der Waals surface area contributed by atoms with Gasteiger partial charge in [-0.1, -0.05) is 13.3 Å². The second-order valence-corrected chi connectivity index (χ2v) is 5.36. The second-order valence-electron chi connectivity index (χ2n) is 4.58. The van der Waals surface area contributed by atoms with E-state index in [1.807, 2.05) is 0 Å². The highest BCUT2D eigenvalue weighted by Crippen LogP contribution is 2.10. The molecule has 3 nitrogen and oxygen atoms in total. The van der Waals surface area contributed by atoms with Gasteiger partial charge in [0.25, 0.3) is 0 Å². The quantitative estimate of drug-likeness (QED) is 0.750. The summed E-state index contributed by atoms with van der Waals surface area (Å²) in [7, 11) is 0. The first-order chi connectivity index (χ1) is 8.09. The van der Waals surface area contributed by atoms with Gasteiger partial charge in [-0.2, -0.15) is 11.3 Å². The Morgan fingerprint density at radius 3 is 2.82 bits per heavy atom. The molecule has 0 saturated heterocycles. The first kappa shape index (κ1) is 14.2. The molecule has 1 rings (SSSR count). The van der Waals surface area contributed by atoms with Crippen LogP contribution in [0.1, 0.15) is 38.7 Å². The van der Waals surface area contributed by atoms with Crippen LogP contribution in [-0.4, -0.2) is 17.1 Å². The van der Waals surface area contributed by atoms with Crippen LogP contribution in [0.3, 0.4) is 0 Å². The van der Waals surface area contributed by atoms with Crippen LogP contribution in [0, 0.1) is 5.92 Å². The predicted octanol–water partition coefficient (Wildman–Crippen LogP) is 3.12. The highest BCUT2D eigenvalue weighted by atomic mass is 32.1. The summed E-state index contributed by atoms with van der Waals surface area (Å²) in [4.78, 5) is 10.6. The summed E-state index contributed by atoms with van der Waals surface area (Å²) in [5.41, 5.74) is 1.32. The number of hydrogen-bond acceptors (Lipinski definition) is 3. The van der Waals surface area contributed by atoms with E-state index >= 15 is 0 Å². The van der Waals surface area contributed by atoms with Crippen LogP contribution in [0.2, 0.25) is 0 Å². The molecule has 4 heteroatoms. The summed E-state index contributed by atoms with van der Waals surface area (Å²) >= 11 is 1.71. The fraction of sp³-hybridized carbons (Fsp3) is 0.615. The van der Waals surface area contributed by atoms with E-state index in [4.69, 9.17) is 5.11 Å². The molecule has 1 heterocycles. The normalized spacial score (nSPS) is 14.5. The Kier molecular flexibility index (Phi) is 6.22. The van der Waals surface area contributed by atoms with E-state index in [0.29, 0.717) is 6.04 Å². The van der Waals surface area contributed by atoms with Crippen molar-refractivity contribution in [1.29, 1.82) is 0 Å². The summed E-state index contributed by atoms with van der Waals surface area (Å²) in [6.07, 6.45) is 2.76. The van der Waals surface area contributed by atoms with E-state index in [1.54, 1.807) is 18.3 Å². The molecule has 0 aliphatic heterocycles. The average Bonchev–Trinajstić information content (AvgIpc) is 2.78. The van der Waals surface area contributed by atoms with Crippen molar-refractivity contribution < 1.29 is 9.90 Å². The van der Waals surface area contributed by atoms with Gasteiger partial charge in [-0.3, -0.25) is 4.79 Å². The maximum absolute atomic E-state index is 10.6. The van der Waals surface area contributed by atoms with Crippen molar-refractivity contribution in [3.8, 4) is 0 Å². The maximum atomic E-state index is 10.6. The number of hydrogen-bond donors (Lipinski definition) is 2. The summed E-state index contributed by atoms with van der Waals surface area (Å²) in [6.45, 7) is 4.82. The fourth-order valence-corrected chi connectivity index (χ4v) is 2.31. The molecule has 0 spiro atoms. The lowest BCUT2D eigenvalue weighted by Crippen LogP contribution is -2.25. The van der Waals surface area contributed by atoms with Crippen molar-refractivity contribution >= 4 is 17.3 Å². The van der Waals surface area contributed by atoms with Crippen molar-refractivity contribution in [1.82, 2.24) is 5.32 Å². The summed E-state index contributed by atoms with van der Waals surface area (Å²) in [5, 5.41) is 16.4. The summed E-state index contributed by atoms with van der Waals surface area (Å²) in [6, 6.07) is 2.56. The van der Waals surface area contributed by atoms with Gasteiger partial charge in [0.2, 0.25) is 0 Å². The molecule has 2 atom stereocenters. The molecule has 0 radical (unpaired) electrons. The third-order valence-corrected chi connectivity index (χ3v) is 3.66. The van der Waals surface area contributed by atoms with Crippen LogP contribution in [0.4, 0.5) is 0 Å². The monoisotopic (exact) mass is 255 g/mol. The van der Waals surface area contributed by atoms with Crippen LogP contribution in [-0.2, 0) is 11.3 Å². The van der Waals surface area contributed by atoms with Gasteiger partial charge in [0.05, 0.1) is 5.92 Å². The van der Waals surface area contributed by atoms with E-state index in [9.17, 15) is 4.79 Å². The molecule has 0 aromatic carbocycles. The first-order valence-corrected chi connectivity index (χ1v) is 7.01. The Morgan fingerprint density at radius 1 is 1.47 bits per heavy atom. The van der Waals surface area contributed by atoms with Crippen LogP contribution in [0.5, 0.6) is 0 Å². The smallest absolute Gasteiger partial charge is 0.306 e. The largest absolute Gasteiger partial charge is 0.481 e. The van der Waals surface area contributed by atoms with Crippen molar-refractivity contribution in [2.45, 2.75) is 45.7 Å². The molecule has 0 aliphatic rings. The molecule has 0 amide bonds. The van der Waals surface area contributed by atoms with Gasteiger partial charge in [-0.05, 0) is 42.2 Å². The Labute approximate surface area is 107 Å². The van der Waals surface area contributed by atoms with Gasteiger partial charge in [0.15, 0.2) is 0 Å². The van der Waals surface area contributed by atoms with Gasteiger partial charge in [0.1, 0.15) is 0 Å². The van der Waals surface area contributed by atoms with Crippen LogP contribution >= 0.6 is 11.3 Å². The van der Waals surface area contributed by atoms with Crippen LogP contribution < -0.4 is 5.32 Å². The van der Waals surface area contributed by atoms with Crippen LogP contribution in [0.15, 0.2) is 16.8 Å². The summed E-state index contributed by atoms with van der Waals surface area (Å²) < 4.78 is 0. The molecule has 2 unspecified atom stereocenters. The third kappa shape index (κ3) is 5.84. The van der Waals surface area contributed by atoms with E-state index in [1.165, 1.54) is 5.56 Å². The Hall–Kier alpha value is -0.870. The zero-order valence-electron chi connectivity index (χ0n) is 10.5. The molecule has 0 aliphatic carbocycles. The highest BCUT2D eigenvalue weighted by molar-refractivity contribution is 7.07. The zero-order chi connectivity index (χ0) is 12.7. The minimum atomic E-state index is -0.691. The number of rotatable bonds is 8. The van der Waals surface area contributed by atoms with Crippen molar-refractivity contribution in [3.05, 3.63) is 22.4 Å². The maximum Gasteiger partial charge on any atom is 0.306 e. The molecule has 2 N–H and O–H groups in total. The molecule has 1 aromatic heterocycles. The first-order valence-electron chi connectivity index (χ1n) is 6.07. The van der Waals surface area contributed by atoms with Gasteiger partial charge in [-0.25, -0.2) is 0 Å². The van der Waals surface area contributed by atoms with Crippen molar-refractivity contribution in [2.75, 3.05) is 0 Å². The average molecular weight is 255 g/mol. The minimum Gasteiger partial charge on any atom is -0.481 e. The van der Waals surface area contributed by atoms with E-state index in [-0.39, 0.29) is 5.92 Å². The number of carboxylic acid groups (broad SMARTS) is 1. The highest BCUT2D eigenvalue weighted by Gasteiger charge is 2.11. The number of carbonyl (C=O) groups is 1. The fourth-order valence-electron chi connectivity index (χ4n) is 1.64. The van der Waals surface area contributed by atoms with Crippen LogP contribution in [0.25, 0.3) is 0 Å². The molecular formula is C13H21NO2S. The lowest BCUT2D eigenvalue weighted by molar-refractivity contribution is -0.141. The van der Waals surface area contributed by atoms with Gasteiger partial charge in [0, 0.05) is 12.6 Å². The van der Waals surface area contributed by atoms with Gasteiger partial charge >= 0.3 is 5.97 Å². The Bertz CT molecular complexity index is 324. The number of aliphatic carboxylic acids is 1. The Morgan fingerprint density at radius 2 is 2.24 bits per heavy atom. The van der Waals surface area contributed by atoms with Crippen molar-refractivity contribution in [3.63, 3.8) is 0 Å². The topological polar surface area (TPSA) is 49.3 Å². The molecule has 0 fully saturated rings. The van der Waals surface area contributed by atoms with E-state index < -0.39 is 5.97 Å². The number of carboxylic acids is 1. The molecule has 1 aromatic rings. The Balaban J connectivity index is 2.09. The van der Waals surface area contributed by atoms with E-state index in [2.05, 4.69) is 29.1 Å². The molecule has 0 saturated carbocycles. The lowest BCUT2D eigenvalue weighted by Gasteiger charge is -2.14. The third-order valence-electron chi connectivity index (χ3n) is 2.93. The van der Waals surface area contributed by atoms with Gasteiger partial charge in [-0.15, -0.1) is 0 Å². The minimum absolute atomic E-state index is 0.223. The van der Waals surface area contributed by atoms with Gasteiger partial charge < -0.3 is 10.4 Å². The van der Waals surface area contributed by atoms with Crippen molar-refractivity contribution in [2.24, 2.45) is 5.92 Å². The SMILES string of the molecule is CC(CCCC(C)C(=O)O)NCc1ccsc1. The standard InChI is InChI=1S/C13H21NO2S/c1-10(13(15)16)4-3-5-11(2)14-8-12-6-7-17-9-12/h6-7,9-11,14H,3-5,8H2,1-2H3,(H,15,16). The number of thiophene rings is 1.